The number of nitrogens with zero attached hydrogens (tertiary/aromatic N) is 4. The fourth-order valence-electron chi connectivity index (χ4n) is 2.60. The molecule has 5 nitrogen and oxygen atoms in total. The van der Waals surface area contributed by atoms with Crippen molar-refractivity contribution in [2.24, 2.45) is 0 Å². The van der Waals surface area contributed by atoms with Gasteiger partial charge in [0.2, 0.25) is 0 Å². The summed E-state index contributed by atoms with van der Waals surface area (Å²) in [6.07, 6.45) is 7.51. The summed E-state index contributed by atoms with van der Waals surface area (Å²) < 4.78 is 5.97. The van der Waals surface area contributed by atoms with Crippen LogP contribution in [0.5, 0.6) is 0 Å². The summed E-state index contributed by atoms with van der Waals surface area (Å²) in [6.45, 7) is 4.29. The number of piperidine rings is 1. The molecule has 1 aliphatic heterocycles. The third-order valence-electron chi connectivity index (χ3n) is 3.80. The highest BCUT2D eigenvalue weighted by Crippen LogP contribution is 2.26. The maximum absolute atomic E-state index is 6.20. The summed E-state index contributed by atoms with van der Waals surface area (Å²) in [6, 6.07) is 3.96. The largest absolute Gasteiger partial charge is 0.373 e. The number of aryl methyl sites for hydroxylation is 1. The number of halogens is 1. The third kappa shape index (κ3) is 3.72. The van der Waals surface area contributed by atoms with Crippen LogP contribution in [0.2, 0.25) is 5.02 Å². The summed E-state index contributed by atoms with van der Waals surface area (Å²) >= 11 is 6.20. The molecule has 0 radical (unpaired) electrons. The Labute approximate surface area is 135 Å². The Balaban J connectivity index is 1.53. The van der Waals surface area contributed by atoms with Crippen LogP contribution in [-0.4, -0.2) is 34.1 Å². The third-order valence-corrected chi connectivity index (χ3v) is 4.06. The van der Waals surface area contributed by atoms with E-state index < -0.39 is 0 Å². The lowest BCUT2D eigenvalue weighted by atomic mass is 10.1. The number of aromatic nitrogens is 3. The molecule has 0 N–H and O–H groups in total. The molecule has 116 valence electrons. The molecule has 0 aromatic carbocycles. The van der Waals surface area contributed by atoms with E-state index in [-0.39, 0.29) is 6.10 Å². The van der Waals surface area contributed by atoms with Crippen LogP contribution in [0.3, 0.4) is 0 Å². The second-order valence-electron chi connectivity index (χ2n) is 5.45. The standard InChI is InChI=1S/C16H19ClN4O/c1-12-19-10-15(17)16(20-12)21-7-4-14(5-8-21)22-11-13-3-2-6-18-9-13/h2-3,6,9-10,14H,4-5,7-8,11H2,1H3. The first-order chi connectivity index (χ1) is 10.7. The zero-order chi connectivity index (χ0) is 15.4. The molecule has 0 aliphatic carbocycles. The van der Waals surface area contributed by atoms with Crippen molar-refractivity contribution in [3.8, 4) is 0 Å². The monoisotopic (exact) mass is 318 g/mol. The van der Waals surface area contributed by atoms with E-state index in [0.717, 1.165) is 43.1 Å². The molecule has 3 rings (SSSR count). The van der Waals surface area contributed by atoms with Gasteiger partial charge < -0.3 is 9.64 Å². The van der Waals surface area contributed by atoms with Crippen LogP contribution in [0, 0.1) is 6.92 Å². The quantitative estimate of drug-likeness (QED) is 0.867. The van der Waals surface area contributed by atoms with Gasteiger partial charge in [-0.2, -0.15) is 0 Å². The number of hydrogen-bond acceptors (Lipinski definition) is 5. The minimum Gasteiger partial charge on any atom is -0.373 e. The van der Waals surface area contributed by atoms with Crippen molar-refractivity contribution in [3.05, 3.63) is 47.1 Å². The molecule has 0 spiro atoms. The van der Waals surface area contributed by atoms with Crippen molar-refractivity contribution in [3.63, 3.8) is 0 Å². The first-order valence-corrected chi connectivity index (χ1v) is 7.85. The number of pyridine rings is 1. The molecule has 1 aliphatic rings. The summed E-state index contributed by atoms with van der Waals surface area (Å²) in [5, 5.41) is 0.611. The molecule has 1 saturated heterocycles. The Kier molecular flexibility index (Phi) is 4.85. The molecule has 0 amide bonds. The summed E-state index contributed by atoms with van der Waals surface area (Å²) in [5.74, 6) is 1.58. The Hall–Kier alpha value is -1.72. The molecule has 22 heavy (non-hydrogen) atoms. The Bertz CT molecular complexity index is 615. The molecular weight excluding hydrogens is 300 g/mol. The number of rotatable bonds is 4. The maximum atomic E-state index is 6.20. The first kappa shape index (κ1) is 15.2. The highest BCUT2D eigenvalue weighted by atomic mass is 35.5. The average Bonchev–Trinajstić information content (AvgIpc) is 2.57. The van der Waals surface area contributed by atoms with Gasteiger partial charge in [-0.3, -0.25) is 4.98 Å². The molecule has 0 atom stereocenters. The zero-order valence-corrected chi connectivity index (χ0v) is 13.3. The average molecular weight is 319 g/mol. The molecule has 6 heteroatoms. The Morgan fingerprint density at radius 1 is 1.32 bits per heavy atom. The van der Waals surface area contributed by atoms with Crippen LogP contribution in [0.25, 0.3) is 0 Å². The zero-order valence-electron chi connectivity index (χ0n) is 12.6. The predicted octanol–water partition coefficient (Wildman–Crippen LogP) is 3.02. The predicted molar refractivity (Wildman–Crippen MR) is 86.0 cm³/mol. The van der Waals surface area contributed by atoms with Crippen molar-refractivity contribution >= 4 is 17.4 Å². The first-order valence-electron chi connectivity index (χ1n) is 7.47. The molecule has 3 heterocycles. The van der Waals surface area contributed by atoms with E-state index in [1.165, 1.54) is 0 Å². The van der Waals surface area contributed by atoms with Gasteiger partial charge in [-0.25, -0.2) is 9.97 Å². The topological polar surface area (TPSA) is 51.1 Å². The van der Waals surface area contributed by atoms with Gasteiger partial charge >= 0.3 is 0 Å². The van der Waals surface area contributed by atoms with Crippen molar-refractivity contribution in [1.29, 1.82) is 0 Å². The molecule has 0 saturated carbocycles. The van der Waals surface area contributed by atoms with Gasteiger partial charge in [0.1, 0.15) is 10.8 Å². The minimum atomic E-state index is 0.276. The van der Waals surface area contributed by atoms with E-state index in [0.29, 0.717) is 11.6 Å². The molecule has 0 unspecified atom stereocenters. The fraction of sp³-hybridized carbons (Fsp3) is 0.438. The van der Waals surface area contributed by atoms with Gasteiger partial charge in [0.05, 0.1) is 18.9 Å². The van der Waals surface area contributed by atoms with Crippen LogP contribution in [-0.2, 0) is 11.3 Å². The van der Waals surface area contributed by atoms with E-state index >= 15 is 0 Å². The van der Waals surface area contributed by atoms with Crippen LogP contribution in [0.1, 0.15) is 24.2 Å². The second-order valence-corrected chi connectivity index (χ2v) is 5.85. The van der Waals surface area contributed by atoms with E-state index in [1.807, 2.05) is 25.3 Å². The van der Waals surface area contributed by atoms with Gasteiger partial charge in [0.25, 0.3) is 0 Å². The number of ether oxygens (including phenoxy) is 1. The van der Waals surface area contributed by atoms with Crippen LogP contribution in [0.4, 0.5) is 5.82 Å². The van der Waals surface area contributed by atoms with Gasteiger partial charge in [-0.1, -0.05) is 17.7 Å². The van der Waals surface area contributed by atoms with E-state index in [4.69, 9.17) is 16.3 Å². The summed E-state index contributed by atoms with van der Waals surface area (Å²) in [5.41, 5.74) is 1.11. The number of anilines is 1. The van der Waals surface area contributed by atoms with Gasteiger partial charge in [0.15, 0.2) is 5.82 Å². The van der Waals surface area contributed by atoms with Gasteiger partial charge in [0, 0.05) is 25.5 Å². The molecular formula is C16H19ClN4O. The highest BCUT2D eigenvalue weighted by molar-refractivity contribution is 6.32. The lowest BCUT2D eigenvalue weighted by Crippen LogP contribution is -2.37. The molecule has 0 bridgehead atoms. The van der Waals surface area contributed by atoms with Gasteiger partial charge in [-0.05, 0) is 31.4 Å². The van der Waals surface area contributed by atoms with Crippen LogP contribution < -0.4 is 4.90 Å². The smallest absolute Gasteiger partial charge is 0.151 e. The van der Waals surface area contributed by atoms with Crippen molar-refractivity contribution in [1.82, 2.24) is 15.0 Å². The Morgan fingerprint density at radius 3 is 2.86 bits per heavy atom. The fourth-order valence-corrected chi connectivity index (χ4v) is 2.81. The molecule has 2 aromatic rings. The van der Waals surface area contributed by atoms with Gasteiger partial charge in [-0.15, -0.1) is 0 Å². The lowest BCUT2D eigenvalue weighted by molar-refractivity contribution is 0.0249. The highest BCUT2D eigenvalue weighted by Gasteiger charge is 2.22. The normalized spacial score (nSPS) is 16.0. The summed E-state index contributed by atoms with van der Waals surface area (Å²) in [4.78, 5) is 14.9. The van der Waals surface area contributed by atoms with E-state index in [9.17, 15) is 0 Å². The lowest BCUT2D eigenvalue weighted by Gasteiger charge is -2.33. The van der Waals surface area contributed by atoms with E-state index in [2.05, 4.69) is 19.9 Å². The Morgan fingerprint density at radius 2 is 2.14 bits per heavy atom. The SMILES string of the molecule is Cc1ncc(Cl)c(N2CCC(OCc3cccnc3)CC2)n1. The van der Waals surface area contributed by atoms with Crippen molar-refractivity contribution in [2.75, 3.05) is 18.0 Å². The molecule has 1 fully saturated rings. The van der Waals surface area contributed by atoms with Crippen molar-refractivity contribution < 1.29 is 4.74 Å². The van der Waals surface area contributed by atoms with Crippen LogP contribution in [0.15, 0.2) is 30.7 Å². The second kappa shape index (κ2) is 7.03. The van der Waals surface area contributed by atoms with E-state index in [1.54, 1.807) is 12.4 Å². The minimum absolute atomic E-state index is 0.276. The summed E-state index contributed by atoms with van der Waals surface area (Å²) in [7, 11) is 0. The number of hydrogen-bond donors (Lipinski definition) is 0. The van der Waals surface area contributed by atoms with Crippen molar-refractivity contribution in [2.45, 2.75) is 32.5 Å². The molecule has 2 aromatic heterocycles. The van der Waals surface area contributed by atoms with Crippen LogP contribution >= 0.6 is 11.6 Å². The maximum Gasteiger partial charge on any atom is 0.151 e.